The molecule has 25 heavy (non-hydrogen) atoms. The number of benzene rings is 1. The summed E-state index contributed by atoms with van der Waals surface area (Å²) in [7, 11) is -3.05. The van der Waals surface area contributed by atoms with E-state index in [4.69, 9.17) is 4.74 Å². The number of nitrogens with one attached hydrogen (secondary N) is 1. The molecular formula is C17H21NO6S. The molecule has 1 aliphatic rings. The topological polar surface area (TPSA) is 107 Å². The molecule has 0 radical (unpaired) electrons. The molecule has 1 aliphatic heterocycles. The normalized spacial score (nSPS) is 19.8. The fourth-order valence-electron chi connectivity index (χ4n) is 2.60. The van der Waals surface area contributed by atoms with Crippen molar-refractivity contribution < 1.29 is 27.5 Å². The van der Waals surface area contributed by atoms with Crippen LogP contribution < -0.4 is 5.32 Å². The summed E-state index contributed by atoms with van der Waals surface area (Å²) in [6.45, 7) is 2.90. The lowest BCUT2D eigenvalue weighted by atomic mass is 10.1. The number of amides is 1. The van der Waals surface area contributed by atoms with Gasteiger partial charge < -0.3 is 10.1 Å². The molecular weight excluding hydrogens is 346 g/mol. The van der Waals surface area contributed by atoms with Gasteiger partial charge in [0, 0.05) is 17.7 Å². The molecule has 8 heteroatoms. The summed E-state index contributed by atoms with van der Waals surface area (Å²) in [5, 5.41) is 2.60. The van der Waals surface area contributed by atoms with Gasteiger partial charge in [-0.2, -0.15) is 0 Å². The second-order valence-electron chi connectivity index (χ2n) is 6.23. The zero-order valence-electron chi connectivity index (χ0n) is 14.2. The third kappa shape index (κ3) is 5.67. The Bertz CT molecular complexity index is 769. The SMILES string of the molecule is CC(=O)c1ccc(NC(=O)[C@@H](C)OC(=O)C[C@H]2CCS(=O)(=O)C2)cc1. The predicted octanol–water partition coefficient (Wildman–Crippen LogP) is 1.58. The number of ether oxygens (including phenoxy) is 1. The quantitative estimate of drug-likeness (QED) is 0.604. The largest absolute Gasteiger partial charge is 0.453 e. The Hall–Kier alpha value is -2.22. The zero-order valence-corrected chi connectivity index (χ0v) is 15.0. The van der Waals surface area contributed by atoms with Gasteiger partial charge in [0.2, 0.25) is 0 Å². The minimum Gasteiger partial charge on any atom is -0.453 e. The Balaban J connectivity index is 1.83. The minimum absolute atomic E-state index is 0.00876. The molecule has 1 saturated heterocycles. The van der Waals surface area contributed by atoms with E-state index in [0.717, 1.165) is 0 Å². The summed E-state index contributed by atoms with van der Waals surface area (Å²) in [5.41, 5.74) is 1.02. The molecule has 1 aromatic carbocycles. The molecule has 0 aromatic heterocycles. The molecule has 0 saturated carbocycles. The summed E-state index contributed by atoms with van der Waals surface area (Å²) in [4.78, 5) is 35.1. The van der Waals surface area contributed by atoms with Crippen LogP contribution in [0.3, 0.4) is 0 Å². The second kappa shape index (κ2) is 7.77. The molecule has 2 rings (SSSR count). The van der Waals surface area contributed by atoms with Gasteiger partial charge in [0.25, 0.3) is 5.91 Å². The van der Waals surface area contributed by atoms with E-state index in [2.05, 4.69) is 5.32 Å². The number of sulfone groups is 1. The fraction of sp³-hybridized carbons (Fsp3) is 0.471. The molecule has 1 fully saturated rings. The van der Waals surface area contributed by atoms with Crippen LogP contribution in [0.5, 0.6) is 0 Å². The predicted molar refractivity (Wildman–Crippen MR) is 92.0 cm³/mol. The van der Waals surface area contributed by atoms with Crippen LogP contribution in [0.25, 0.3) is 0 Å². The molecule has 1 heterocycles. The number of hydrogen-bond donors (Lipinski definition) is 1. The fourth-order valence-corrected chi connectivity index (χ4v) is 4.46. The van der Waals surface area contributed by atoms with E-state index in [0.29, 0.717) is 17.7 Å². The van der Waals surface area contributed by atoms with E-state index in [1.165, 1.54) is 13.8 Å². The van der Waals surface area contributed by atoms with Gasteiger partial charge in [-0.3, -0.25) is 14.4 Å². The first-order chi connectivity index (χ1) is 11.7. The Morgan fingerprint density at radius 3 is 2.40 bits per heavy atom. The average Bonchev–Trinajstić information content (AvgIpc) is 2.86. The first kappa shape index (κ1) is 19.1. The minimum atomic E-state index is -3.05. The van der Waals surface area contributed by atoms with Crippen molar-refractivity contribution in [3.05, 3.63) is 29.8 Å². The number of rotatable bonds is 6. The first-order valence-electron chi connectivity index (χ1n) is 7.98. The number of ketones is 1. The van der Waals surface area contributed by atoms with Gasteiger partial charge in [-0.25, -0.2) is 8.42 Å². The molecule has 7 nitrogen and oxygen atoms in total. The van der Waals surface area contributed by atoms with Gasteiger partial charge in [0.05, 0.1) is 11.5 Å². The summed E-state index contributed by atoms with van der Waals surface area (Å²) >= 11 is 0. The molecule has 0 spiro atoms. The van der Waals surface area contributed by atoms with E-state index < -0.39 is 27.8 Å². The molecule has 2 atom stereocenters. The van der Waals surface area contributed by atoms with Crippen molar-refractivity contribution in [3.63, 3.8) is 0 Å². The van der Waals surface area contributed by atoms with Crippen molar-refractivity contribution >= 4 is 33.2 Å². The number of carbonyl (C=O) groups is 3. The molecule has 1 amide bonds. The Kier molecular flexibility index (Phi) is 5.94. The monoisotopic (exact) mass is 367 g/mol. The second-order valence-corrected chi connectivity index (χ2v) is 8.46. The lowest BCUT2D eigenvalue weighted by Crippen LogP contribution is -2.30. The van der Waals surface area contributed by atoms with Crippen LogP contribution >= 0.6 is 0 Å². The number of carbonyl (C=O) groups excluding carboxylic acids is 3. The molecule has 0 bridgehead atoms. The van der Waals surface area contributed by atoms with E-state index in [1.54, 1.807) is 24.3 Å². The van der Waals surface area contributed by atoms with Gasteiger partial charge in [-0.1, -0.05) is 0 Å². The van der Waals surface area contributed by atoms with Crippen LogP contribution in [0.4, 0.5) is 5.69 Å². The van der Waals surface area contributed by atoms with Crippen molar-refractivity contribution in [2.24, 2.45) is 5.92 Å². The lowest BCUT2D eigenvalue weighted by Gasteiger charge is -2.15. The van der Waals surface area contributed by atoms with Crippen LogP contribution in [-0.2, 0) is 24.2 Å². The lowest BCUT2D eigenvalue weighted by molar-refractivity contribution is -0.153. The van der Waals surface area contributed by atoms with Crippen molar-refractivity contribution in [3.8, 4) is 0 Å². The van der Waals surface area contributed by atoms with Crippen molar-refractivity contribution in [1.29, 1.82) is 0 Å². The maximum absolute atomic E-state index is 12.1. The van der Waals surface area contributed by atoms with Gasteiger partial charge in [-0.05, 0) is 50.5 Å². The molecule has 1 aromatic rings. The average molecular weight is 367 g/mol. The highest BCUT2D eigenvalue weighted by molar-refractivity contribution is 7.91. The third-order valence-corrected chi connectivity index (χ3v) is 5.86. The summed E-state index contributed by atoms with van der Waals surface area (Å²) in [5.74, 6) is -1.32. The van der Waals surface area contributed by atoms with Gasteiger partial charge in [-0.15, -0.1) is 0 Å². The Morgan fingerprint density at radius 2 is 1.88 bits per heavy atom. The van der Waals surface area contributed by atoms with Crippen LogP contribution in [0.15, 0.2) is 24.3 Å². The Labute approximate surface area is 146 Å². The maximum Gasteiger partial charge on any atom is 0.306 e. The molecule has 0 unspecified atom stereocenters. The summed E-state index contributed by atoms with van der Waals surface area (Å²) in [6.07, 6.45) is -0.567. The number of esters is 1. The van der Waals surface area contributed by atoms with Crippen molar-refractivity contribution in [2.45, 2.75) is 32.8 Å². The van der Waals surface area contributed by atoms with Crippen LogP contribution in [0.1, 0.15) is 37.0 Å². The van der Waals surface area contributed by atoms with Gasteiger partial charge >= 0.3 is 5.97 Å². The van der Waals surface area contributed by atoms with Crippen LogP contribution in [0, 0.1) is 5.92 Å². The van der Waals surface area contributed by atoms with Gasteiger partial charge in [0.15, 0.2) is 21.7 Å². The number of Topliss-reactive ketones (excluding diaryl/α,β-unsaturated/α-hetero) is 1. The maximum atomic E-state index is 12.1. The third-order valence-electron chi connectivity index (χ3n) is 4.02. The van der Waals surface area contributed by atoms with Crippen molar-refractivity contribution in [1.82, 2.24) is 0 Å². The number of anilines is 1. The Morgan fingerprint density at radius 1 is 1.24 bits per heavy atom. The highest BCUT2D eigenvalue weighted by Gasteiger charge is 2.30. The summed E-state index contributed by atoms with van der Waals surface area (Å²) in [6, 6.07) is 6.36. The first-order valence-corrected chi connectivity index (χ1v) is 9.80. The number of hydrogen-bond acceptors (Lipinski definition) is 6. The zero-order chi connectivity index (χ0) is 18.6. The van der Waals surface area contributed by atoms with Crippen LogP contribution in [-0.4, -0.2) is 43.7 Å². The summed E-state index contributed by atoms with van der Waals surface area (Å²) < 4.78 is 27.8. The standard InChI is InChI=1S/C17H21NO6S/c1-11(19)14-3-5-15(6-4-14)18-17(21)12(2)24-16(20)9-13-7-8-25(22,23)10-13/h3-6,12-13H,7-10H2,1-2H3,(H,18,21)/t12-,13-/m1/s1. The van der Waals surface area contributed by atoms with Gasteiger partial charge in [0.1, 0.15) is 0 Å². The highest BCUT2D eigenvalue weighted by Crippen LogP contribution is 2.22. The van der Waals surface area contributed by atoms with E-state index in [1.807, 2.05) is 0 Å². The molecule has 0 aliphatic carbocycles. The molecule has 136 valence electrons. The van der Waals surface area contributed by atoms with E-state index >= 15 is 0 Å². The highest BCUT2D eigenvalue weighted by atomic mass is 32.2. The molecule has 1 N–H and O–H groups in total. The van der Waals surface area contributed by atoms with E-state index in [-0.39, 0.29) is 29.6 Å². The van der Waals surface area contributed by atoms with E-state index in [9.17, 15) is 22.8 Å². The smallest absolute Gasteiger partial charge is 0.306 e. The van der Waals surface area contributed by atoms with Crippen molar-refractivity contribution in [2.75, 3.05) is 16.8 Å². The van der Waals surface area contributed by atoms with Crippen LogP contribution in [0.2, 0.25) is 0 Å².